The van der Waals surface area contributed by atoms with Crippen LogP contribution in [0.1, 0.15) is 11.3 Å². The van der Waals surface area contributed by atoms with Crippen LogP contribution in [0, 0.1) is 11.6 Å². The lowest BCUT2D eigenvalue weighted by Gasteiger charge is -2.27. The van der Waals surface area contributed by atoms with Gasteiger partial charge in [0.15, 0.2) is 5.58 Å². The Morgan fingerprint density at radius 1 is 1.07 bits per heavy atom. The quantitative estimate of drug-likeness (QED) is 0.142. The largest absolute Gasteiger partial charge is 0.490 e. The summed E-state index contributed by atoms with van der Waals surface area (Å²) in [7, 11) is 3.39. The molecule has 0 atom stereocenters. The summed E-state index contributed by atoms with van der Waals surface area (Å²) < 4.78 is 49.4. The standard InChI is InChI=1S/C35H29F2N5O4/c1-4-30(43)42-9-7-27-23(19-42)14-22(17-38-27)33-31(32-26(37)15-24(36)16-29(32)45-12-11-44-3)25-8-10-46-35(25)34(40-33)20-5-6-28-21(13-20)18-39-41(28)2/h4-6,8,10,13-18H,1,7,9,11-12,19H2,2-3H3. The summed E-state index contributed by atoms with van der Waals surface area (Å²) in [5, 5.41) is 5.82. The van der Waals surface area contributed by atoms with E-state index in [0.29, 0.717) is 53.0 Å². The van der Waals surface area contributed by atoms with E-state index in [0.717, 1.165) is 39.9 Å². The van der Waals surface area contributed by atoms with Gasteiger partial charge in [-0.2, -0.15) is 5.10 Å². The normalized spacial score (nSPS) is 12.9. The maximum atomic E-state index is 16.0. The SMILES string of the molecule is C=CC(=O)N1CCc2ncc(-c3nc(-c4ccc5c(cnn5C)c4)c4occc4c3-c3c(F)cc(F)cc3OCCOC)cc2C1. The van der Waals surface area contributed by atoms with E-state index in [2.05, 4.69) is 11.7 Å². The van der Waals surface area contributed by atoms with Crippen molar-refractivity contribution in [1.82, 2.24) is 24.6 Å². The molecule has 4 aromatic heterocycles. The van der Waals surface area contributed by atoms with Crippen molar-refractivity contribution in [3.63, 3.8) is 0 Å². The first-order valence-electron chi connectivity index (χ1n) is 14.7. The molecule has 232 valence electrons. The van der Waals surface area contributed by atoms with E-state index in [-0.39, 0.29) is 30.4 Å². The molecular weight excluding hydrogens is 592 g/mol. The highest BCUT2D eigenvalue weighted by Crippen LogP contribution is 2.46. The molecule has 5 heterocycles. The molecule has 0 saturated heterocycles. The summed E-state index contributed by atoms with van der Waals surface area (Å²) in [6.45, 7) is 4.77. The minimum Gasteiger partial charge on any atom is -0.490 e. The van der Waals surface area contributed by atoms with Crippen LogP contribution < -0.4 is 4.74 Å². The molecule has 0 bridgehead atoms. The Kier molecular flexibility index (Phi) is 7.53. The Balaban J connectivity index is 1.50. The van der Waals surface area contributed by atoms with Crippen molar-refractivity contribution in [2.24, 2.45) is 7.05 Å². The van der Waals surface area contributed by atoms with Gasteiger partial charge in [-0.1, -0.05) is 12.6 Å². The van der Waals surface area contributed by atoms with Gasteiger partial charge in [-0.05, 0) is 35.9 Å². The van der Waals surface area contributed by atoms with E-state index in [4.69, 9.17) is 23.9 Å². The number of rotatable bonds is 8. The highest BCUT2D eigenvalue weighted by Gasteiger charge is 2.28. The van der Waals surface area contributed by atoms with E-state index in [1.807, 2.05) is 31.3 Å². The summed E-state index contributed by atoms with van der Waals surface area (Å²) >= 11 is 0. The molecule has 9 nitrogen and oxygen atoms in total. The molecule has 1 amide bonds. The van der Waals surface area contributed by atoms with Gasteiger partial charge in [0.05, 0.1) is 35.8 Å². The fourth-order valence-corrected chi connectivity index (χ4v) is 6.02. The number of furan rings is 1. The number of methoxy groups -OCH3 is 1. The Bertz CT molecular complexity index is 2150. The average Bonchev–Trinajstić information content (AvgIpc) is 3.70. The Morgan fingerprint density at radius 2 is 1.93 bits per heavy atom. The molecule has 2 aromatic carbocycles. The van der Waals surface area contributed by atoms with Gasteiger partial charge >= 0.3 is 0 Å². The maximum Gasteiger partial charge on any atom is 0.246 e. The molecule has 11 heteroatoms. The summed E-state index contributed by atoms with van der Waals surface area (Å²) in [6.07, 6.45) is 6.86. The lowest BCUT2D eigenvalue weighted by Crippen LogP contribution is -2.35. The molecule has 0 spiro atoms. The molecule has 0 radical (unpaired) electrons. The van der Waals surface area contributed by atoms with Crippen LogP contribution >= 0.6 is 0 Å². The van der Waals surface area contributed by atoms with E-state index in [1.54, 1.807) is 28.0 Å². The summed E-state index contributed by atoms with van der Waals surface area (Å²) in [5.41, 5.74) is 5.71. The molecular formula is C35H29F2N5O4. The van der Waals surface area contributed by atoms with Gasteiger partial charge in [0.1, 0.15) is 29.7 Å². The number of benzene rings is 2. The zero-order valence-electron chi connectivity index (χ0n) is 25.2. The summed E-state index contributed by atoms with van der Waals surface area (Å²) in [4.78, 5) is 24.0. The Hall–Kier alpha value is -5.42. The van der Waals surface area contributed by atoms with Crippen LogP contribution in [0.3, 0.4) is 0 Å². The molecule has 6 aromatic rings. The van der Waals surface area contributed by atoms with Crippen LogP contribution in [0.15, 0.2) is 78.2 Å². The van der Waals surface area contributed by atoms with Gasteiger partial charge in [-0.25, -0.2) is 13.8 Å². The fraction of sp³-hybridized carbons (Fsp3) is 0.200. The molecule has 7 rings (SSSR count). The van der Waals surface area contributed by atoms with Crippen LogP contribution in [-0.2, 0) is 29.5 Å². The molecule has 1 aliphatic rings. The first-order chi connectivity index (χ1) is 22.4. The highest BCUT2D eigenvalue weighted by molar-refractivity contribution is 6.07. The smallest absolute Gasteiger partial charge is 0.246 e. The van der Waals surface area contributed by atoms with Crippen molar-refractivity contribution in [3.8, 4) is 39.4 Å². The van der Waals surface area contributed by atoms with E-state index in [9.17, 15) is 9.18 Å². The molecule has 46 heavy (non-hydrogen) atoms. The third-order valence-electron chi connectivity index (χ3n) is 8.24. The van der Waals surface area contributed by atoms with Crippen molar-refractivity contribution in [2.75, 3.05) is 26.9 Å². The fourth-order valence-electron chi connectivity index (χ4n) is 6.02. The highest BCUT2D eigenvalue weighted by atomic mass is 19.1. The number of amides is 1. The number of carbonyl (C=O) groups is 1. The predicted octanol–water partition coefficient (Wildman–Crippen LogP) is 6.48. The molecule has 0 N–H and O–H groups in total. The van der Waals surface area contributed by atoms with Crippen molar-refractivity contribution in [1.29, 1.82) is 0 Å². The van der Waals surface area contributed by atoms with Gasteiger partial charge in [-0.15, -0.1) is 0 Å². The van der Waals surface area contributed by atoms with Crippen LogP contribution in [0.4, 0.5) is 8.78 Å². The van der Waals surface area contributed by atoms with E-state index in [1.165, 1.54) is 19.4 Å². The van der Waals surface area contributed by atoms with Crippen molar-refractivity contribution in [3.05, 3.63) is 96.7 Å². The minimum atomic E-state index is -0.823. The predicted molar refractivity (Wildman–Crippen MR) is 169 cm³/mol. The summed E-state index contributed by atoms with van der Waals surface area (Å²) in [6, 6.07) is 11.5. The Labute approximate surface area is 262 Å². The third kappa shape index (κ3) is 5.08. The lowest BCUT2D eigenvalue weighted by atomic mass is 9.92. The molecule has 0 aliphatic carbocycles. The van der Waals surface area contributed by atoms with Crippen molar-refractivity contribution >= 4 is 27.8 Å². The number of carbonyl (C=O) groups excluding carboxylic acids is 1. The number of pyridine rings is 2. The number of fused-ring (bicyclic) bond motifs is 3. The number of hydrogen-bond acceptors (Lipinski definition) is 7. The first kappa shape index (κ1) is 29.3. The molecule has 0 fully saturated rings. The number of halogens is 2. The molecule has 1 aliphatic heterocycles. The maximum absolute atomic E-state index is 16.0. The monoisotopic (exact) mass is 621 g/mol. The number of aryl methyl sites for hydroxylation is 1. The first-order valence-corrected chi connectivity index (χ1v) is 14.7. The Morgan fingerprint density at radius 3 is 2.76 bits per heavy atom. The number of ether oxygens (including phenoxy) is 2. The average molecular weight is 622 g/mol. The lowest BCUT2D eigenvalue weighted by molar-refractivity contribution is -0.126. The van der Waals surface area contributed by atoms with Gasteiger partial charge in [-0.3, -0.25) is 14.5 Å². The topological polar surface area (TPSA) is 95.5 Å². The second-order valence-corrected chi connectivity index (χ2v) is 11.0. The van der Waals surface area contributed by atoms with Gasteiger partial charge < -0.3 is 18.8 Å². The van der Waals surface area contributed by atoms with Crippen LogP contribution in [0.2, 0.25) is 0 Å². The van der Waals surface area contributed by atoms with Crippen LogP contribution in [0.5, 0.6) is 5.75 Å². The van der Waals surface area contributed by atoms with Crippen LogP contribution in [-0.4, -0.2) is 57.4 Å². The van der Waals surface area contributed by atoms with Crippen molar-refractivity contribution in [2.45, 2.75) is 13.0 Å². The second-order valence-electron chi connectivity index (χ2n) is 11.0. The van der Waals surface area contributed by atoms with Gasteiger partial charge in [0.25, 0.3) is 0 Å². The number of hydrogen-bond donors (Lipinski definition) is 0. The van der Waals surface area contributed by atoms with Crippen LogP contribution in [0.25, 0.3) is 55.5 Å². The van der Waals surface area contributed by atoms with Gasteiger partial charge in [0.2, 0.25) is 5.91 Å². The summed E-state index contributed by atoms with van der Waals surface area (Å²) in [5.74, 6) is -1.78. The van der Waals surface area contributed by atoms with Crippen molar-refractivity contribution < 1.29 is 27.5 Å². The minimum absolute atomic E-state index is 0.00157. The van der Waals surface area contributed by atoms with Gasteiger partial charge in [0, 0.05) is 85.2 Å². The number of aromatic nitrogens is 4. The molecule has 0 saturated carbocycles. The second kappa shape index (κ2) is 11.8. The third-order valence-corrected chi connectivity index (χ3v) is 8.24. The van der Waals surface area contributed by atoms with E-state index < -0.39 is 11.6 Å². The number of nitrogens with zero attached hydrogens (tertiary/aromatic N) is 5. The molecule has 0 unspecified atom stereocenters. The van der Waals surface area contributed by atoms with E-state index >= 15 is 4.39 Å². The zero-order chi connectivity index (χ0) is 31.9. The zero-order valence-corrected chi connectivity index (χ0v) is 25.2.